The summed E-state index contributed by atoms with van der Waals surface area (Å²) in [5.41, 5.74) is 14.4. The summed E-state index contributed by atoms with van der Waals surface area (Å²) in [6, 6.07) is 54.4. The van der Waals surface area contributed by atoms with Crippen LogP contribution in [0.5, 0.6) is 0 Å². The number of para-hydroxylation sites is 3. The lowest BCUT2D eigenvalue weighted by molar-refractivity contribution is 1.08. The number of rotatable bonds is 8. The molecular formula is C51H41N3. The van der Waals surface area contributed by atoms with E-state index in [4.69, 9.17) is 4.99 Å². The first-order valence-electron chi connectivity index (χ1n) is 18.9. The Bertz CT molecular complexity index is 2770. The molecule has 9 rings (SSSR count). The lowest BCUT2D eigenvalue weighted by Crippen LogP contribution is -2.03. The van der Waals surface area contributed by atoms with Crippen molar-refractivity contribution < 1.29 is 0 Å². The third-order valence-electron chi connectivity index (χ3n) is 10.4. The van der Waals surface area contributed by atoms with E-state index in [1.807, 2.05) is 0 Å². The van der Waals surface area contributed by atoms with Crippen molar-refractivity contribution in [2.45, 2.75) is 26.7 Å². The molecule has 3 nitrogen and oxygen atoms in total. The molecule has 0 fully saturated rings. The van der Waals surface area contributed by atoms with Gasteiger partial charge in [0.1, 0.15) is 0 Å². The largest absolute Gasteiger partial charge is 0.309 e. The Kier molecular flexibility index (Phi) is 8.82. The maximum atomic E-state index is 5.49. The van der Waals surface area contributed by atoms with Gasteiger partial charge in [-0.3, -0.25) is 4.99 Å². The van der Waals surface area contributed by atoms with E-state index in [9.17, 15) is 0 Å². The van der Waals surface area contributed by atoms with Crippen molar-refractivity contribution >= 4 is 61.8 Å². The standard InChI is InChI=1S/C51H41N3/c1-3-19-39(38-22-9-5-10-23-38)34-47(52-36(2)37-20-7-4-8-21-37)40-32-41(53-48-28-12-6-11-24-43(48)44-25-13-16-29-49(44)53)35-42(33-40)54-50-30-17-14-26-45(50)46-27-15-18-31-51(46)54/h4-5,7-35H,3,6H2,1-2H3/b39-19-,47-34-,52-36?. The molecular weight excluding hydrogens is 655 g/mol. The SMILES string of the molecule is CC/C=C(/C=C(\N=C(C)c1ccccc1)c1cc(-n2c3c(c4ccccc42)C=CCC=C3)cc(-n2c3ccccc3c3ccccc32)c1)c1ccccc1. The third-order valence-corrected chi connectivity index (χ3v) is 10.4. The van der Waals surface area contributed by atoms with Crippen LogP contribution in [-0.4, -0.2) is 14.8 Å². The Morgan fingerprint density at radius 2 is 1.11 bits per heavy atom. The highest BCUT2D eigenvalue weighted by Gasteiger charge is 2.20. The average Bonchev–Trinajstić information content (AvgIpc) is 3.61. The Morgan fingerprint density at radius 3 is 1.76 bits per heavy atom. The molecule has 2 aromatic heterocycles. The normalized spacial score (nSPS) is 13.6. The molecule has 0 unspecified atom stereocenters. The summed E-state index contributed by atoms with van der Waals surface area (Å²) in [5, 5.41) is 3.71. The molecule has 0 spiro atoms. The molecule has 0 N–H and O–H groups in total. The predicted molar refractivity (Wildman–Crippen MR) is 232 cm³/mol. The zero-order valence-electron chi connectivity index (χ0n) is 30.7. The van der Waals surface area contributed by atoms with Gasteiger partial charge in [-0.25, -0.2) is 0 Å². The Hall–Kier alpha value is -6.71. The number of aromatic nitrogens is 2. The fourth-order valence-electron chi connectivity index (χ4n) is 7.91. The molecule has 0 bridgehead atoms. The smallest absolute Gasteiger partial charge is 0.0713 e. The van der Waals surface area contributed by atoms with Crippen LogP contribution in [0.4, 0.5) is 0 Å². The highest BCUT2D eigenvalue weighted by atomic mass is 15.0. The monoisotopic (exact) mass is 695 g/mol. The molecule has 0 saturated heterocycles. The van der Waals surface area contributed by atoms with Crippen LogP contribution in [-0.2, 0) is 0 Å². The van der Waals surface area contributed by atoms with Gasteiger partial charge in [-0.05, 0) is 85.0 Å². The van der Waals surface area contributed by atoms with E-state index in [2.05, 4.69) is 211 Å². The molecule has 54 heavy (non-hydrogen) atoms. The first-order valence-corrected chi connectivity index (χ1v) is 18.9. The second-order valence-electron chi connectivity index (χ2n) is 13.8. The van der Waals surface area contributed by atoms with E-state index < -0.39 is 0 Å². The van der Waals surface area contributed by atoms with E-state index in [0.717, 1.165) is 52.3 Å². The topological polar surface area (TPSA) is 22.2 Å². The minimum atomic E-state index is 0.904. The molecule has 260 valence electrons. The first-order chi connectivity index (χ1) is 26.7. The molecule has 3 heteroatoms. The quantitative estimate of drug-likeness (QED) is 0.112. The second kappa shape index (κ2) is 14.4. The van der Waals surface area contributed by atoms with Gasteiger partial charge in [0.15, 0.2) is 0 Å². The molecule has 0 saturated carbocycles. The van der Waals surface area contributed by atoms with E-state index >= 15 is 0 Å². The van der Waals surface area contributed by atoms with Crippen LogP contribution in [0.2, 0.25) is 0 Å². The van der Waals surface area contributed by atoms with E-state index in [1.54, 1.807) is 0 Å². The number of nitrogens with zero attached hydrogens (tertiary/aromatic N) is 3. The van der Waals surface area contributed by atoms with Crippen LogP contribution in [0.25, 0.3) is 67.5 Å². The zero-order chi connectivity index (χ0) is 36.4. The van der Waals surface area contributed by atoms with Crippen molar-refractivity contribution in [2.24, 2.45) is 4.99 Å². The van der Waals surface area contributed by atoms with E-state index in [-0.39, 0.29) is 0 Å². The van der Waals surface area contributed by atoms with Crippen molar-refractivity contribution in [1.82, 2.24) is 9.13 Å². The zero-order valence-corrected chi connectivity index (χ0v) is 30.7. The van der Waals surface area contributed by atoms with Crippen molar-refractivity contribution in [3.05, 3.63) is 204 Å². The molecule has 0 radical (unpaired) electrons. The van der Waals surface area contributed by atoms with Crippen LogP contribution >= 0.6 is 0 Å². The molecule has 1 aliphatic rings. The molecule has 0 aliphatic heterocycles. The number of benzene rings is 6. The molecule has 0 atom stereocenters. The Labute approximate surface area is 316 Å². The summed E-state index contributed by atoms with van der Waals surface area (Å²) in [4.78, 5) is 5.49. The molecule has 2 heterocycles. The van der Waals surface area contributed by atoms with Crippen LogP contribution in [0, 0.1) is 0 Å². The summed E-state index contributed by atoms with van der Waals surface area (Å²) >= 11 is 0. The highest BCUT2D eigenvalue weighted by Crippen LogP contribution is 2.38. The van der Waals surface area contributed by atoms with Gasteiger partial charge in [0, 0.05) is 44.4 Å². The van der Waals surface area contributed by atoms with Gasteiger partial charge in [-0.1, -0.05) is 146 Å². The van der Waals surface area contributed by atoms with Crippen molar-refractivity contribution in [1.29, 1.82) is 0 Å². The maximum absolute atomic E-state index is 5.49. The van der Waals surface area contributed by atoms with Gasteiger partial charge >= 0.3 is 0 Å². The van der Waals surface area contributed by atoms with Crippen molar-refractivity contribution in [3.63, 3.8) is 0 Å². The minimum absolute atomic E-state index is 0.904. The molecule has 6 aromatic carbocycles. The summed E-state index contributed by atoms with van der Waals surface area (Å²) < 4.78 is 4.85. The summed E-state index contributed by atoms with van der Waals surface area (Å²) in [6.07, 6.45) is 15.5. The fraction of sp³-hybridized carbons (Fsp3) is 0.0784. The van der Waals surface area contributed by atoms with E-state index in [1.165, 1.54) is 49.5 Å². The van der Waals surface area contributed by atoms with Gasteiger partial charge in [-0.15, -0.1) is 0 Å². The Morgan fingerprint density at radius 1 is 0.574 bits per heavy atom. The minimum Gasteiger partial charge on any atom is -0.309 e. The molecule has 1 aliphatic carbocycles. The lowest BCUT2D eigenvalue weighted by atomic mass is 10.0. The van der Waals surface area contributed by atoms with Gasteiger partial charge in [0.05, 0.1) is 27.9 Å². The van der Waals surface area contributed by atoms with Gasteiger partial charge in [0.25, 0.3) is 0 Å². The first kappa shape index (κ1) is 33.1. The third kappa shape index (κ3) is 6.04. The summed E-state index contributed by atoms with van der Waals surface area (Å²) in [5.74, 6) is 0. The highest BCUT2D eigenvalue weighted by molar-refractivity contribution is 6.09. The van der Waals surface area contributed by atoms with Gasteiger partial charge in [0.2, 0.25) is 0 Å². The van der Waals surface area contributed by atoms with Crippen LogP contribution in [0.15, 0.2) is 181 Å². The van der Waals surface area contributed by atoms with Gasteiger partial charge in [-0.2, -0.15) is 0 Å². The fourth-order valence-corrected chi connectivity index (χ4v) is 7.91. The number of fused-ring (bicyclic) bond motifs is 6. The van der Waals surface area contributed by atoms with Crippen molar-refractivity contribution in [3.8, 4) is 11.4 Å². The number of hydrogen-bond acceptors (Lipinski definition) is 1. The summed E-state index contributed by atoms with van der Waals surface area (Å²) in [6.45, 7) is 4.31. The van der Waals surface area contributed by atoms with Crippen LogP contribution < -0.4 is 0 Å². The lowest BCUT2D eigenvalue weighted by Gasteiger charge is -2.17. The van der Waals surface area contributed by atoms with Gasteiger partial charge < -0.3 is 9.13 Å². The number of hydrogen-bond donors (Lipinski definition) is 0. The van der Waals surface area contributed by atoms with Crippen molar-refractivity contribution in [2.75, 3.05) is 0 Å². The summed E-state index contributed by atoms with van der Waals surface area (Å²) in [7, 11) is 0. The second-order valence-corrected chi connectivity index (χ2v) is 13.8. The van der Waals surface area contributed by atoms with Crippen LogP contribution in [0.3, 0.4) is 0 Å². The average molecular weight is 696 g/mol. The number of aliphatic imine (C=N–C) groups is 1. The number of allylic oxidation sites excluding steroid dienone is 5. The van der Waals surface area contributed by atoms with E-state index in [0.29, 0.717) is 0 Å². The Balaban J connectivity index is 1.39. The van der Waals surface area contributed by atoms with Crippen LogP contribution in [0.1, 0.15) is 54.6 Å². The molecule has 0 amide bonds. The predicted octanol–water partition coefficient (Wildman–Crippen LogP) is 13.5. The molecule has 8 aromatic rings. The maximum Gasteiger partial charge on any atom is 0.0713 e.